The van der Waals surface area contributed by atoms with Gasteiger partial charge in [0.1, 0.15) is 6.04 Å². The van der Waals surface area contributed by atoms with Gasteiger partial charge in [-0.3, -0.25) is 19.4 Å². The second kappa shape index (κ2) is 8.80. The lowest BCUT2D eigenvalue weighted by atomic mass is 10.0. The molecule has 0 bridgehead atoms. The summed E-state index contributed by atoms with van der Waals surface area (Å²) in [5.41, 5.74) is 2.15. The summed E-state index contributed by atoms with van der Waals surface area (Å²) in [7, 11) is 3.83. The molecule has 1 unspecified atom stereocenters. The van der Waals surface area contributed by atoms with Crippen LogP contribution >= 0.6 is 0 Å². The van der Waals surface area contributed by atoms with E-state index in [1.54, 1.807) is 0 Å². The quantitative estimate of drug-likeness (QED) is 0.715. The molecule has 2 amide bonds. The molecule has 0 spiro atoms. The Labute approximate surface area is 144 Å². The number of nitrogens with one attached hydrogen (secondary N) is 2. The van der Waals surface area contributed by atoms with Crippen LogP contribution in [0.1, 0.15) is 23.6 Å². The molecule has 2 rings (SSSR count). The second-order valence-corrected chi connectivity index (χ2v) is 6.55. The number of rotatable bonds is 7. The Hall–Kier alpha value is -1.92. The number of carbonyl (C=O) groups is 2. The van der Waals surface area contributed by atoms with E-state index in [0.717, 1.165) is 30.6 Å². The third-order valence-corrected chi connectivity index (χ3v) is 4.19. The lowest BCUT2D eigenvalue weighted by Gasteiger charge is -2.27. The predicted octanol–water partition coefficient (Wildman–Crippen LogP) is 0.536. The zero-order valence-electron chi connectivity index (χ0n) is 14.8. The molecule has 24 heavy (non-hydrogen) atoms. The molecule has 6 nitrogen and oxygen atoms in total. The maximum absolute atomic E-state index is 12.6. The Bertz CT molecular complexity index is 574. The number of hydrogen-bond donors (Lipinski definition) is 2. The summed E-state index contributed by atoms with van der Waals surface area (Å²) in [5.74, 6) is 0.0967. The molecule has 2 N–H and O–H groups in total. The number of likely N-dealkylation sites (N-methyl/N-ethyl adjacent to an activating group) is 1. The maximum Gasteiger partial charge on any atom is 0.241 e. The number of piperazine rings is 1. The molecule has 6 heteroatoms. The van der Waals surface area contributed by atoms with E-state index >= 15 is 0 Å². The highest BCUT2D eigenvalue weighted by Gasteiger charge is 2.22. The van der Waals surface area contributed by atoms with Gasteiger partial charge in [-0.15, -0.1) is 0 Å². The van der Waals surface area contributed by atoms with Crippen molar-refractivity contribution in [1.29, 1.82) is 0 Å². The molecule has 1 heterocycles. The molecule has 0 radical (unpaired) electrons. The Kier molecular flexibility index (Phi) is 6.75. The zero-order chi connectivity index (χ0) is 17.5. The average Bonchev–Trinajstić information content (AvgIpc) is 2.51. The maximum atomic E-state index is 12.6. The number of nitrogens with zero attached hydrogens (tertiary/aromatic N) is 2. The van der Waals surface area contributed by atoms with E-state index in [1.807, 2.05) is 44.1 Å². The molecule has 1 aromatic rings. The lowest BCUT2D eigenvalue weighted by molar-refractivity contribution is -0.126. The van der Waals surface area contributed by atoms with Crippen molar-refractivity contribution in [2.75, 3.05) is 46.8 Å². The number of hydrogen-bond acceptors (Lipinski definition) is 4. The third kappa shape index (κ3) is 5.32. The number of carbonyl (C=O) groups excluding carboxylic acids is 2. The van der Waals surface area contributed by atoms with Crippen molar-refractivity contribution in [3.8, 4) is 0 Å². The summed E-state index contributed by atoms with van der Waals surface area (Å²) in [6.07, 6.45) is 0.840. The molecule has 1 saturated heterocycles. The van der Waals surface area contributed by atoms with Crippen molar-refractivity contribution in [1.82, 2.24) is 20.4 Å². The van der Waals surface area contributed by atoms with Crippen molar-refractivity contribution in [2.24, 2.45) is 0 Å². The van der Waals surface area contributed by atoms with Crippen molar-refractivity contribution >= 4 is 11.8 Å². The number of aryl methyl sites for hydroxylation is 1. The standard InChI is InChI=1S/C18H28N4O2/c1-14-6-4-7-15(12-14)17(21(2)3)18(24)20-8-5-10-22-11-9-19-16(23)13-22/h4,6-7,12,17H,5,8-11,13H2,1-3H3,(H,19,23)(H,20,24). The smallest absolute Gasteiger partial charge is 0.241 e. The van der Waals surface area contributed by atoms with Crippen LogP contribution in [-0.2, 0) is 9.59 Å². The molecule has 1 fully saturated rings. The van der Waals surface area contributed by atoms with Gasteiger partial charge in [-0.2, -0.15) is 0 Å². The van der Waals surface area contributed by atoms with E-state index in [2.05, 4.69) is 21.6 Å². The fraction of sp³-hybridized carbons (Fsp3) is 0.556. The fourth-order valence-electron chi connectivity index (χ4n) is 3.02. The van der Waals surface area contributed by atoms with Gasteiger partial charge in [0.2, 0.25) is 11.8 Å². The first-order valence-electron chi connectivity index (χ1n) is 8.47. The van der Waals surface area contributed by atoms with E-state index in [4.69, 9.17) is 0 Å². The summed E-state index contributed by atoms with van der Waals surface area (Å²) in [5, 5.41) is 5.84. The van der Waals surface area contributed by atoms with Gasteiger partial charge in [-0.05, 0) is 33.0 Å². The third-order valence-electron chi connectivity index (χ3n) is 4.19. The minimum atomic E-state index is -0.286. The minimum absolute atomic E-state index is 0.0157. The van der Waals surface area contributed by atoms with Crippen LogP contribution in [0.25, 0.3) is 0 Å². The molecule has 0 aromatic heterocycles. The van der Waals surface area contributed by atoms with E-state index in [9.17, 15) is 9.59 Å². The molecule has 1 aliphatic rings. The molecule has 0 saturated carbocycles. The second-order valence-electron chi connectivity index (χ2n) is 6.55. The summed E-state index contributed by atoms with van der Waals surface area (Å²) < 4.78 is 0. The van der Waals surface area contributed by atoms with Crippen LogP contribution in [-0.4, -0.2) is 68.4 Å². The molecule has 0 aliphatic carbocycles. The first-order chi connectivity index (χ1) is 11.5. The molecular weight excluding hydrogens is 304 g/mol. The SMILES string of the molecule is Cc1cccc(C(C(=O)NCCCN2CCNC(=O)C2)N(C)C)c1. The van der Waals surface area contributed by atoms with Gasteiger partial charge in [0, 0.05) is 26.2 Å². The number of benzene rings is 1. The van der Waals surface area contributed by atoms with Gasteiger partial charge in [0.05, 0.1) is 6.54 Å². The van der Waals surface area contributed by atoms with Crippen molar-refractivity contribution in [2.45, 2.75) is 19.4 Å². The monoisotopic (exact) mass is 332 g/mol. The summed E-state index contributed by atoms with van der Waals surface area (Å²) in [6, 6.07) is 7.77. The van der Waals surface area contributed by atoms with Gasteiger partial charge < -0.3 is 10.6 Å². The Morgan fingerprint density at radius 3 is 2.88 bits per heavy atom. The van der Waals surface area contributed by atoms with Crippen molar-refractivity contribution < 1.29 is 9.59 Å². The van der Waals surface area contributed by atoms with Gasteiger partial charge >= 0.3 is 0 Å². The average molecular weight is 332 g/mol. The summed E-state index contributed by atoms with van der Waals surface area (Å²) in [4.78, 5) is 28.0. The van der Waals surface area contributed by atoms with Crippen molar-refractivity contribution in [3.63, 3.8) is 0 Å². The first-order valence-corrected chi connectivity index (χ1v) is 8.47. The normalized spacial score (nSPS) is 16.8. The Balaban J connectivity index is 1.82. The minimum Gasteiger partial charge on any atom is -0.354 e. The van der Waals surface area contributed by atoms with Crippen LogP contribution in [0.2, 0.25) is 0 Å². The van der Waals surface area contributed by atoms with Gasteiger partial charge in [-0.1, -0.05) is 29.8 Å². The Morgan fingerprint density at radius 1 is 1.42 bits per heavy atom. The lowest BCUT2D eigenvalue weighted by Crippen LogP contribution is -2.48. The molecule has 1 aromatic carbocycles. The molecule has 1 aliphatic heterocycles. The van der Waals surface area contributed by atoms with E-state index in [0.29, 0.717) is 19.6 Å². The van der Waals surface area contributed by atoms with E-state index < -0.39 is 0 Å². The van der Waals surface area contributed by atoms with Crippen LogP contribution in [0.4, 0.5) is 0 Å². The Morgan fingerprint density at radius 2 is 2.21 bits per heavy atom. The highest BCUT2D eigenvalue weighted by molar-refractivity contribution is 5.83. The highest BCUT2D eigenvalue weighted by Crippen LogP contribution is 2.19. The van der Waals surface area contributed by atoms with Gasteiger partial charge in [0.15, 0.2) is 0 Å². The van der Waals surface area contributed by atoms with Crippen LogP contribution in [0.3, 0.4) is 0 Å². The zero-order valence-corrected chi connectivity index (χ0v) is 14.8. The molecule has 1 atom stereocenters. The largest absolute Gasteiger partial charge is 0.354 e. The van der Waals surface area contributed by atoms with Crippen LogP contribution < -0.4 is 10.6 Å². The van der Waals surface area contributed by atoms with E-state index in [1.165, 1.54) is 0 Å². The number of amides is 2. The van der Waals surface area contributed by atoms with Crippen LogP contribution in [0, 0.1) is 6.92 Å². The van der Waals surface area contributed by atoms with Gasteiger partial charge in [0.25, 0.3) is 0 Å². The topological polar surface area (TPSA) is 64.7 Å². The first kappa shape index (κ1) is 18.4. The molecule has 132 valence electrons. The summed E-state index contributed by atoms with van der Waals surface area (Å²) >= 11 is 0. The van der Waals surface area contributed by atoms with Crippen molar-refractivity contribution in [3.05, 3.63) is 35.4 Å². The fourth-order valence-corrected chi connectivity index (χ4v) is 3.02. The van der Waals surface area contributed by atoms with Gasteiger partial charge in [-0.25, -0.2) is 0 Å². The highest BCUT2D eigenvalue weighted by atomic mass is 16.2. The van der Waals surface area contributed by atoms with Crippen LogP contribution in [0.15, 0.2) is 24.3 Å². The van der Waals surface area contributed by atoms with E-state index in [-0.39, 0.29) is 17.9 Å². The van der Waals surface area contributed by atoms with Crippen LogP contribution in [0.5, 0.6) is 0 Å². The molecular formula is C18H28N4O2. The summed E-state index contributed by atoms with van der Waals surface area (Å²) in [6.45, 7) is 5.52. The predicted molar refractivity (Wildman–Crippen MR) is 94.7 cm³/mol.